The molecule has 0 aromatic heterocycles. The smallest absolute Gasteiger partial charge is 0.232 e. The van der Waals surface area contributed by atoms with Crippen LogP contribution in [0.25, 0.3) is 0 Å². The van der Waals surface area contributed by atoms with Crippen LogP contribution in [0.1, 0.15) is 6.92 Å². The Kier molecular flexibility index (Phi) is 3.28. The highest BCUT2D eigenvalue weighted by Gasteiger charge is 2.06. The van der Waals surface area contributed by atoms with E-state index >= 15 is 0 Å². The van der Waals surface area contributed by atoms with Crippen LogP contribution in [-0.4, -0.2) is 14.2 Å². The van der Waals surface area contributed by atoms with E-state index < -0.39 is 10.0 Å². The predicted molar refractivity (Wildman–Crippen MR) is 61.2 cm³/mol. The fraction of sp³-hybridized carbons (Fsp3) is 0.250. The van der Waals surface area contributed by atoms with Gasteiger partial charge >= 0.3 is 0 Å². The minimum Gasteiger partial charge on any atom is -0.398 e. The summed E-state index contributed by atoms with van der Waals surface area (Å²) < 4.78 is 24.8. The predicted octanol–water partition coefficient (Wildman–Crippen LogP) is 1.32. The van der Waals surface area contributed by atoms with Crippen molar-refractivity contribution in [3.8, 4) is 0 Å². The van der Waals surface area contributed by atoms with Crippen molar-refractivity contribution in [3.05, 3.63) is 18.2 Å². The van der Waals surface area contributed by atoms with Gasteiger partial charge in [0.1, 0.15) is 0 Å². The first-order valence-corrected chi connectivity index (χ1v) is 6.13. The van der Waals surface area contributed by atoms with Gasteiger partial charge in [0.15, 0.2) is 0 Å². The van der Waals surface area contributed by atoms with Gasteiger partial charge in [0.25, 0.3) is 0 Å². The van der Waals surface area contributed by atoms with E-state index in [0.29, 0.717) is 16.3 Å². The van der Waals surface area contributed by atoms with Crippen molar-refractivity contribution in [2.24, 2.45) is 0 Å². The van der Waals surface area contributed by atoms with E-state index in [9.17, 15) is 8.42 Å². The molecule has 0 unspecified atom stereocenters. The number of anilines is 2. The fourth-order valence-corrected chi connectivity index (χ4v) is 1.70. The lowest BCUT2D eigenvalue weighted by Gasteiger charge is -2.07. The van der Waals surface area contributed by atoms with Crippen LogP contribution in [0.3, 0.4) is 0 Å². The van der Waals surface area contributed by atoms with Crippen LogP contribution < -0.4 is 10.5 Å². The second-order valence-corrected chi connectivity index (χ2v) is 5.27. The average molecular weight is 232 g/mol. The summed E-state index contributed by atoms with van der Waals surface area (Å²) in [6.07, 6.45) is 0. The van der Waals surface area contributed by atoms with Gasteiger partial charge in [-0.3, -0.25) is 4.72 Å². The summed E-state index contributed by atoms with van der Waals surface area (Å²) in [5, 5.41) is 0. The molecule has 4 nitrogen and oxygen atoms in total. The number of thiol groups is 1. The Morgan fingerprint density at radius 1 is 1.50 bits per heavy atom. The van der Waals surface area contributed by atoms with Gasteiger partial charge in [-0.1, -0.05) is 0 Å². The lowest BCUT2D eigenvalue weighted by atomic mass is 10.3. The average Bonchev–Trinajstić information content (AvgIpc) is 2.11. The van der Waals surface area contributed by atoms with Crippen molar-refractivity contribution in [3.63, 3.8) is 0 Å². The Hall–Kier alpha value is -0.880. The molecule has 0 aliphatic rings. The minimum atomic E-state index is -3.23. The lowest BCUT2D eigenvalue weighted by Crippen LogP contribution is -2.14. The molecule has 1 aromatic rings. The van der Waals surface area contributed by atoms with E-state index in [4.69, 9.17) is 5.73 Å². The zero-order valence-electron chi connectivity index (χ0n) is 7.69. The molecule has 6 heteroatoms. The Balaban J connectivity index is 2.94. The molecule has 0 spiro atoms. The van der Waals surface area contributed by atoms with Gasteiger partial charge in [-0.05, 0) is 25.1 Å². The maximum atomic E-state index is 11.2. The Bertz CT molecular complexity index is 429. The number of benzene rings is 1. The third-order valence-electron chi connectivity index (χ3n) is 1.68. The Morgan fingerprint density at radius 2 is 2.14 bits per heavy atom. The molecule has 1 rings (SSSR count). The van der Waals surface area contributed by atoms with Crippen LogP contribution in [0.4, 0.5) is 11.4 Å². The number of nitrogens with two attached hydrogens (primary N) is 1. The summed E-state index contributed by atoms with van der Waals surface area (Å²) in [6.45, 7) is 1.57. The van der Waals surface area contributed by atoms with Crippen LogP contribution in [0.2, 0.25) is 0 Å². The van der Waals surface area contributed by atoms with Gasteiger partial charge in [-0.2, -0.15) is 0 Å². The van der Waals surface area contributed by atoms with Crippen LogP contribution in [0.15, 0.2) is 23.1 Å². The number of hydrogen-bond acceptors (Lipinski definition) is 4. The van der Waals surface area contributed by atoms with Gasteiger partial charge in [0.05, 0.1) is 5.75 Å². The first-order chi connectivity index (χ1) is 6.44. The van der Waals surface area contributed by atoms with Crippen LogP contribution in [-0.2, 0) is 10.0 Å². The quantitative estimate of drug-likeness (QED) is 0.543. The summed E-state index contributed by atoms with van der Waals surface area (Å²) in [5.74, 6) is 0.0410. The van der Waals surface area contributed by atoms with Crippen LogP contribution in [0, 0.1) is 0 Å². The highest BCUT2D eigenvalue weighted by atomic mass is 32.2. The minimum absolute atomic E-state index is 0.0410. The molecule has 0 atom stereocenters. The first-order valence-electron chi connectivity index (χ1n) is 4.03. The zero-order chi connectivity index (χ0) is 10.8. The number of nitrogen functional groups attached to an aromatic ring is 1. The number of rotatable bonds is 3. The summed E-state index contributed by atoms with van der Waals surface area (Å²) in [4.78, 5) is 0.557. The SMILES string of the molecule is CCS(=O)(=O)Nc1ccc(N)c(S)c1. The molecule has 0 saturated heterocycles. The zero-order valence-corrected chi connectivity index (χ0v) is 9.40. The fourth-order valence-electron chi connectivity index (χ4n) is 0.859. The van der Waals surface area contributed by atoms with Gasteiger partial charge in [0.2, 0.25) is 10.0 Å². The van der Waals surface area contributed by atoms with E-state index in [-0.39, 0.29) is 5.75 Å². The molecule has 0 aliphatic carbocycles. The van der Waals surface area contributed by atoms with Gasteiger partial charge in [-0.15, -0.1) is 12.6 Å². The van der Waals surface area contributed by atoms with Crippen LogP contribution >= 0.6 is 12.6 Å². The van der Waals surface area contributed by atoms with Gasteiger partial charge in [-0.25, -0.2) is 8.42 Å². The van der Waals surface area contributed by atoms with Crippen molar-refractivity contribution >= 4 is 34.0 Å². The van der Waals surface area contributed by atoms with E-state index in [1.165, 1.54) is 0 Å². The molecule has 3 N–H and O–H groups in total. The molecule has 1 aromatic carbocycles. The third kappa shape index (κ3) is 2.81. The topological polar surface area (TPSA) is 72.2 Å². The molecular weight excluding hydrogens is 220 g/mol. The lowest BCUT2D eigenvalue weighted by molar-refractivity contribution is 0.602. The first kappa shape index (κ1) is 11.2. The molecule has 0 bridgehead atoms. The Morgan fingerprint density at radius 3 is 2.64 bits per heavy atom. The summed E-state index contributed by atoms with van der Waals surface area (Å²) in [7, 11) is -3.23. The second-order valence-electron chi connectivity index (χ2n) is 2.78. The van der Waals surface area contributed by atoms with Crippen molar-refractivity contribution in [2.75, 3.05) is 16.2 Å². The molecule has 0 heterocycles. The second kappa shape index (κ2) is 4.10. The van der Waals surface area contributed by atoms with Crippen molar-refractivity contribution in [1.29, 1.82) is 0 Å². The maximum absolute atomic E-state index is 11.2. The molecule has 0 fully saturated rings. The molecule has 0 amide bonds. The monoisotopic (exact) mass is 232 g/mol. The molecule has 0 radical (unpaired) electrons. The molecule has 14 heavy (non-hydrogen) atoms. The highest BCUT2D eigenvalue weighted by Crippen LogP contribution is 2.21. The largest absolute Gasteiger partial charge is 0.398 e. The Labute approximate surface area is 89.0 Å². The van der Waals surface area contributed by atoms with E-state index in [2.05, 4.69) is 17.4 Å². The summed E-state index contributed by atoms with van der Waals surface area (Å²) >= 11 is 4.09. The van der Waals surface area contributed by atoms with E-state index in [0.717, 1.165) is 0 Å². The van der Waals surface area contributed by atoms with Crippen LogP contribution in [0.5, 0.6) is 0 Å². The summed E-state index contributed by atoms with van der Waals surface area (Å²) in [6, 6.07) is 4.78. The molecular formula is C8H12N2O2S2. The number of nitrogens with one attached hydrogen (secondary N) is 1. The van der Waals surface area contributed by atoms with Gasteiger partial charge in [0, 0.05) is 16.3 Å². The standard InChI is InChI=1S/C8H12N2O2S2/c1-2-14(11,12)10-6-3-4-7(9)8(13)5-6/h3-5,10,13H,2,9H2,1H3. The third-order valence-corrected chi connectivity index (χ3v) is 3.38. The maximum Gasteiger partial charge on any atom is 0.232 e. The molecule has 0 aliphatic heterocycles. The molecule has 0 saturated carbocycles. The number of sulfonamides is 1. The van der Waals surface area contributed by atoms with Crippen molar-refractivity contribution in [1.82, 2.24) is 0 Å². The van der Waals surface area contributed by atoms with Crippen molar-refractivity contribution < 1.29 is 8.42 Å². The summed E-state index contributed by atoms with van der Waals surface area (Å²) in [5.41, 5.74) is 6.53. The van der Waals surface area contributed by atoms with E-state index in [1.807, 2.05) is 0 Å². The van der Waals surface area contributed by atoms with Crippen molar-refractivity contribution in [2.45, 2.75) is 11.8 Å². The van der Waals surface area contributed by atoms with Gasteiger partial charge < -0.3 is 5.73 Å². The number of hydrogen-bond donors (Lipinski definition) is 3. The normalized spacial score (nSPS) is 11.3. The highest BCUT2D eigenvalue weighted by molar-refractivity contribution is 7.92. The van der Waals surface area contributed by atoms with E-state index in [1.54, 1.807) is 25.1 Å². The molecule has 78 valence electrons.